The van der Waals surface area contributed by atoms with Gasteiger partial charge < -0.3 is 15.5 Å². The summed E-state index contributed by atoms with van der Waals surface area (Å²) in [5.41, 5.74) is 4.67. The predicted octanol–water partition coefficient (Wildman–Crippen LogP) is 4.61. The zero-order valence-electron chi connectivity index (χ0n) is 26.6. The van der Waals surface area contributed by atoms with Crippen molar-refractivity contribution in [2.75, 3.05) is 32.7 Å². The highest BCUT2D eigenvalue weighted by molar-refractivity contribution is 7.89. The number of nitrogens with zero attached hydrogens (tertiary/aromatic N) is 2. The first-order valence-electron chi connectivity index (χ1n) is 15.9. The van der Waals surface area contributed by atoms with Crippen molar-refractivity contribution in [3.05, 3.63) is 64.7 Å². The SMILES string of the molecule is Cc1ccc(S(=O)(=O)N2CCNC(=O)C2CC(=O)NC2CCCc3cc(CCCN(CC(C)C)CC(C)C)ccc32)cc1. The average Bonchev–Trinajstić information content (AvgIpc) is 2.93. The Balaban J connectivity index is 1.39. The molecule has 9 heteroatoms. The lowest BCUT2D eigenvalue weighted by Gasteiger charge is -2.34. The van der Waals surface area contributed by atoms with E-state index in [4.69, 9.17) is 0 Å². The molecule has 236 valence electrons. The van der Waals surface area contributed by atoms with Crippen molar-refractivity contribution in [3.63, 3.8) is 0 Å². The first kappa shape index (κ1) is 33.1. The molecule has 0 radical (unpaired) electrons. The minimum absolute atomic E-state index is 0.127. The molecule has 1 aliphatic carbocycles. The van der Waals surface area contributed by atoms with E-state index in [0.717, 1.165) is 62.9 Å². The van der Waals surface area contributed by atoms with Crippen molar-refractivity contribution >= 4 is 21.8 Å². The van der Waals surface area contributed by atoms with Gasteiger partial charge in [-0.2, -0.15) is 4.31 Å². The molecular weight excluding hydrogens is 560 g/mol. The van der Waals surface area contributed by atoms with Gasteiger partial charge >= 0.3 is 0 Å². The molecule has 2 N–H and O–H groups in total. The van der Waals surface area contributed by atoms with E-state index in [9.17, 15) is 18.0 Å². The highest BCUT2D eigenvalue weighted by Crippen LogP contribution is 2.31. The fraction of sp³-hybridized carbons (Fsp3) is 0.588. The Hall–Kier alpha value is -2.75. The lowest BCUT2D eigenvalue weighted by molar-refractivity contribution is -0.132. The van der Waals surface area contributed by atoms with Gasteiger partial charge in [-0.3, -0.25) is 9.59 Å². The molecule has 2 atom stereocenters. The van der Waals surface area contributed by atoms with E-state index >= 15 is 0 Å². The van der Waals surface area contributed by atoms with Crippen molar-refractivity contribution in [1.82, 2.24) is 19.8 Å². The molecule has 0 saturated carbocycles. The van der Waals surface area contributed by atoms with Crippen LogP contribution in [0.25, 0.3) is 0 Å². The number of carbonyl (C=O) groups excluding carboxylic acids is 2. The monoisotopic (exact) mass is 610 g/mol. The van der Waals surface area contributed by atoms with E-state index in [1.807, 2.05) is 6.92 Å². The number of hydrogen-bond donors (Lipinski definition) is 2. The zero-order valence-corrected chi connectivity index (χ0v) is 27.4. The number of nitrogens with one attached hydrogen (secondary N) is 2. The van der Waals surface area contributed by atoms with Gasteiger partial charge in [0.15, 0.2) is 0 Å². The Kier molecular flexibility index (Phi) is 11.4. The molecule has 4 rings (SSSR count). The van der Waals surface area contributed by atoms with E-state index in [1.165, 1.54) is 15.4 Å². The number of sulfonamides is 1. The van der Waals surface area contributed by atoms with Crippen molar-refractivity contribution in [1.29, 1.82) is 0 Å². The number of hydrogen-bond acceptors (Lipinski definition) is 5. The number of piperazine rings is 1. The van der Waals surface area contributed by atoms with Crippen molar-refractivity contribution in [2.45, 2.75) is 90.1 Å². The van der Waals surface area contributed by atoms with E-state index in [-0.39, 0.29) is 36.4 Å². The molecule has 0 spiro atoms. The Labute approximate surface area is 258 Å². The van der Waals surface area contributed by atoms with E-state index in [0.29, 0.717) is 11.8 Å². The van der Waals surface area contributed by atoms with Crippen LogP contribution in [0.3, 0.4) is 0 Å². The molecule has 2 amide bonds. The number of amides is 2. The maximum atomic E-state index is 13.4. The third-order valence-electron chi connectivity index (χ3n) is 8.33. The van der Waals surface area contributed by atoms with Crippen LogP contribution in [0.5, 0.6) is 0 Å². The average molecular weight is 611 g/mol. The number of fused-ring (bicyclic) bond motifs is 1. The topological polar surface area (TPSA) is 98.8 Å². The first-order chi connectivity index (χ1) is 20.4. The van der Waals surface area contributed by atoms with Gasteiger partial charge in [-0.15, -0.1) is 0 Å². The summed E-state index contributed by atoms with van der Waals surface area (Å²) in [7, 11) is -3.93. The molecule has 0 bridgehead atoms. The smallest absolute Gasteiger partial charge is 0.243 e. The van der Waals surface area contributed by atoms with Crippen LogP contribution in [-0.2, 0) is 32.5 Å². The third-order valence-corrected chi connectivity index (χ3v) is 10.3. The standard InChI is InChI=1S/C34H50N4O4S/c1-24(2)22-37(23-25(3)4)18-7-8-27-13-16-30-28(20-27)9-6-10-31(30)36-33(39)21-32-34(40)35-17-19-38(32)43(41,42)29-14-11-26(5)12-15-29/h11-16,20,24-25,31-32H,6-10,17-19,21-23H2,1-5H3,(H,35,40)(H,36,39). The highest BCUT2D eigenvalue weighted by atomic mass is 32.2. The lowest BCUT2D eigenvalue weighted by Crippen LogP contribution is -2.58. The van der Waals surface area contributed by atoms with Gasteiger partial charge in [-0.1, -0.05) is 63.6 Å². The van der Waals surface area contributed by atoms with Gasteiger partial charge in [0.1, 0.15) is 6.04 Å². The van der Waals surface area contributed by atoms with Crippen LogP contribution >= 0.6 is 0 Å². The van der Waals surface area contributed by atoms with Crippen molar-refractivity contribution < 1.29 is 18.0 Å². The summed E-state index contributed by atoms with van der Waals surface area (Å²) in [6.45, 7) is 14.7. The summed E-state index contributed by atoms with van der Waals surface area (Å²) in [5, 5.41) is 5.87. The number of benzene rings is 2. The summed E-state index contributed by atoms with van der Waals surface area (Å²) in [6.07, 6.45) is 4.69. The Morgan fingerprint density at radius 3 is 2.44 bits per heavy atom. The second-order valence-electron chi connectivity index (χ2n) is 13.1. The van der Waals surface area contributed by atoms with Gasteiger partial charge in [-0.25, -0.2) is 8.42 Å². The second-order valence-corrected chi connectivity index (χ2v) is 15.0. The number of rotatable bonds is 13. The predicted molar refractivity (Wildman–Crippen MR) is 171 cm³/mol. The van der Waals surface area contributed by atoms with Gasteiger partial charge in [0.25, 0.3) is 0 Å². The van der Waals surface area contributed by atoms with Crippen molar-refractivity contribution in [3.8, 4) is 0 Å². The lowest BCUT2D eigenvalue weighted by atomic mass is 9.86. The summed E-state index contributed by atoms with van der Waals surface area (Å²) in [4.78, 5) is 28.8. The van der Waals surface area contributed by atoms with Crippen LogP contribution < -0.4 is 10.6 Å². The van der Waals surface area contributed by atoms with Gasteiger partial charge in [-0.05, 0) is 86.2 Å². The molecule has 43 heavy (non-hydrogen) atoms. The minimum atomic E-state index is -3.93. The molecule has 1 aliphatic heterocycles. The summed E-state index contributed by atoms with van der Waals surface area (Å²) < 4.78 is 28.1. The molecule has 0 aromatic heterocycles. The van der Waals surface area contributed by atoms with Gasteiger partial charge in [0.2, 0.25) is 21.8 Å². The van der Waals surface area contributed by atoms with Crippen LogP contribution in [0.1, 0.15) is 81.7 Å². The third kappa shape index (κ3) is 8.89. The van der Waals surface area contributed by atoms with Crippen molar-refractivity contribution in [2.24, 2.45) is 11.8 Å². The largest absolute Gasteiger partial charge is 0.353 e. The van der Waals surface area contributed by atoms with Crippen LogP contribution in [0, 0.1) is 18.8 Å². The summed E-state index contributed by atoms with van der Waals surface area (Å²) >= 11 is 0. The molecule has 2 aromatic rings. The summed E-state index contributed by atoms with van der Waals surface area (Å²) in [5.74, 6) is 0.556. The normalized spacial score (nSPS) is 19.5. The van der Waals surface area contributed by atoms with Crippen LogP contribution in [-0.4, -0.2) is 68.2 Å². The highest BCUT2D eigenvalue weighted by Gasteiger charge is 2.40. The van der Waals surface area contributed by atoms with Crippen LogP contribution in [0.2, 0.25) is 0 Å². The molecule has 1 heterocycles. The fourth-order valence-electron chi connectivity index (χ4n) is 6.42. The van der Waals surface area contributed by atoms with E-state index in [2.05, 4.69) is 61.4 Å². The van der Waals surface area contributed by atoms with Gasteiger partial charge in [0.05, 0.1) is 17.4 Å². The molecular formula is C34H50N4O4S. The zero-order chi connectivity index (χ0) is 31.1. The Morgan fingerprint density at radius 1 is 1.07 bits per heavy atom. The second kappa shape index (κ2) is 14.8. The van der Waals surface area contributed by atoms with E-state index in [1.54, 1.807) is 24.3 Å². The molecule has 2 aliphatic rings. The summed E-state index contributed by atoms with van der Waals surface area (Å²) in [6, 6.07) is 12.0. The fourth-order valence-corrected chi connectivity index (χ4v) is 8.01. The maximum Gasteiger partial charge on any atom is 0.243 e. The molecule has 2 unspecified atom stereocenters. The molecule has 8 nitrogen and oxygen atoms in total. The Bertz CT molecular complexity index is 1350. The van der Waals surface area contributed by atoms with E-state index < -0.39 is 22.0 Å². The first-order valence-corrected chi connectivity index (χ1v) is 17.4. The number of aryl methyl sites for hydroxylation is 3. The maximum absolute atomic E-state index is 13.4. The van der Waals surface area contributed by atoms with Gasteiger partial charge in [0, 0.05) is 26.2 Å². The molecule has 1 fully saturated rings. The molecule has 1 saturated heterocycles. The minimum Gasteiger partial charge on any atom is -0.353 e. The number of carbonyl (C=O) groups is 2. The van der Waals surface area contributed by atoms with Crippen LogP contribution in [0.15, 0.2) is 47.4 Å². The Morgan fingerprint density at radius 2 is 1.77 bits per heavy atom. The molecule has 2 aromatic carbocycles. The van der Waals surface area contributed by atoms with Crippen LogP contribution in [0.4, 0.5) is 0 Å². The quantitative estimate of drug-likeness (QED) is 0.345.